The van der Waals surface area contributed by atoms with E-state index in [1.54, 1.807) is 31.2 Å². The number of fused-ring (bicyclic) bond motifs is 1. The van der Waals surface area contributed by atoms with Crippen LogP contribution >= 0.6 is 0 Å². The predicted molar refractivity (Wildman–Crippen MR) is 96.8 cm³/mol. The normalized spacial score (nSPS) is 12.3. The smallest absolute Gasteiger partial charge is 0.261 e. The average molecular weight is 372 g/mol. The molecule has 0 saturated carbocycles. The molecule has 8 heteroatoms. The lowest BCUT2D eigenvalue weighted by molar-refractivity contribution is -0.118. The standard InChI is InChI=1S/C19H18F2N4O2/c1-11(13-7-6-12(20)8-15(13)21)23-9-18-24-16-5-3-2-4-14(16)19(27)25(18)10-17(22)26/h2-8,11,23H,9-10H2,1H3,(H2,22,26)/t11-/m1/s1. The van der Waals surface area contributed by atoms with Gasteiger partial charge in [0.25, 0.3) is 5.56 Å². The van der Waals surface area contributed by atoms with Crippen molar-refractivity contribution >= 4 is 16.8 Å². The van der Waals surface area contributed by atoms with Gasteiger partial charge in [0.15, 0.2) is 0 Å². The summed E-state index contributed by atoms with van der Waals surface area (Å²) in [5, 5.41) is 3.42. The van der Waals surface area contributed by atoms with Crippen molar-refractivity contribution in [3.63, 3.8) is 0 Å². The van der Waals surface area contributed by atoms with Crippen LogP contribution in [0.2, 0.25) is 0 Å². The van der Waals surface area contributed by atoms with Crippen LogP contribution in [-0.4, -0.2) is 15.5 Å². The molecule has 0 saturated heterocycles. The quantitative estimate of drug-likeness (QED) is 0.693. The van der Waals surface area contributed by atoms with Crippen molar-refractivity contribution in [3.05, 3.63) is 75.8 Å². The van der Waals surface area contributed by atoms with Crippen molar-refractivity contribution in [2.75, 3.05) is 0 Å². The molecule has 0 aliphatic carbocycles. The molecule has 0 aliphatic rings. The fourth-order valence-electron chi connectivity index (χ4n) is 2.87. The fourth-order valence-corrected chi connectivity index (χ4v) is 2.87. The Morgan fingerprint density at radius 2 is 2.00 bits per heavy atom. The number of rotatable bonds is 6. The van der Waals surface area contributed by atoms with Crippen LogP contribution in [0.1, 0.15) is 24.4 Å². The van der Waals surface area contributed by atoms with Crippen LogP contribution in [0.4, 0.5) is 8.78 Å². The number of amides is 1. The van der Waals surface area contributed by atoms with Gasteiger partial charge in [0, 0.05) is 17.7 Å². The molecule has 0 radical (unpaired) electrons. The highest BCUT2D eigenvalue weighted by Crippen LogP contribution is 2.18. The molecule has 3 aromatic rings. The molecule has 1 aromatic heterocycles. The summed E-state index contributed by atoms with van der Waals surface area (Å²) in [4.78, 5) is 28.5. The van der Waals surface area contributed by atoms with Gasteiger partial charge in [-0.3, -0.25) is 14.2 Å². The minimum absolute atomic E-state index is 0.0886. The van der Waals surface area contributed by atoms with Gasteiger partial charge in [-0.2, -0.15) is 0 Å². The van der Waals surface area contributed by atoms with Crippen LogP contribution < -0.4 is 16.6 Å². The van der Waals surface area contributed by atoms with Gasteiger partial charge in [0.2, 0.25) is 5.91 Å². The Kier molecular flexibility index (Phi) is 5.27. The summed E-state index contributed by atoms with van der Waals surface area (Å²) < 4.78 is 28.2. The Morgan fingerprint density at radius 1 is 1.26 bits per heavy atom. The predicted octanol–water partition coefficient (Wildman–Crippen LogP) is 2.01. The van der Waals surface area contributed by atoms with E-state index in [9.17, 15) is 18.4 Å². The molecule has 27 heavy (non-hydrogen) atoms. The summed E-state index contributed by atoms with van der Waals surface area (Å²) in [6.07, 6.45) is 0. The highest BCUT2D eigenvalue weighted by Gasteiger charge is 2.15. The Morgan fingerprint density at radius 3 is 2.70 bits per heavy atom. The van der Waals surface area contributed by atoms with E-state index >= 15 is 0 Å². The number of nitrogens with two attached hydrogens (primary N) is 1. The molecule has 3 N–H and O–H groups in total. The zero-order valence-electron chi connectivity index (χ0n) is 14.6. The Hall–Kier alpha value is -3.13. The molecule has 3 rings (SSSR count). The van der Waals surface area contributed by atoms with Crippen molar-refractivity contribution in [1.82, 2.24) is 14.9 Å². The number of halogens is 2. The number of aromatic nitrogens is 2. The fraction of sp³-hybridized carbons (Fsp3) is 0.211. The number of benzene rings is 2. The minimum Gasteiger partial charge on any atom is -0.368 e. The lowest BCUT2D eigenvalue weighted by Gasteiger charge is -2.17. The van der Waals surface area contributed by atoms with Crippen LogP contribution in [0.25, 0.3) is 10.9 Å². The lowest BCUT2D eigenvalue weighted by Crippen LogP contribution is -2.33. The van der Waals surface area contributed by atoms with Crippen LogP contribution in [0, 0.1) is 11.6 Å². The molecule has 0 spiro atoms. The third kappa shape index (κ3) is 4.01. The monoisotopic (exact) mass is 372 g/mol. The third-order valence-corrected chi connectivity index (χ3v) is 4.25. The van der Waals surface area contributed by atoms with Crippen molar-refractivity contribution in [2.45, 2.75) is 26.1 Å². The van der Waals surface area contributed by atoms with Crippen molar-refractivity contribution < 1.29 is 13.6 Å². The lowest BCUT2D eigenvalue weighted by atomic mass is 10.1. The topological polar surface area (TPSA) is 90.0 Å². The molecule has 6 nitrogen and oxygen atoms in total. The van der Waals surface area contributed by atoms with E-state index in [0.717, 1.165) is 6.07 Å². The molecule has 0 fully saturated rings. The molecule has 0 bridgehead atoms. The summed E-state index contributed by atoms with van der Waals surface area (Å²) in [5.41, 5.74) is 5.64. The molecule has 1 atom stereocenters. The van der Waals surface area contributed by atoms with Gasteiger partial charge in [0.05, 0.1) is 17.4 Å². The zero-order valence-corrected chi connectivity index (χ0v) is 14.6. The van der Waals surface area contributed by atoms with Crippen LogP contribution in [0.15, 0.2) is 47.3 Å². The summed E-state index contributed by atoms with van der Waals surface area (Å²) in [6.45, 7) is 1.48. The van der Waals surface area contributed by atoms with Gasteiger partial charge in [-0.05, 0) is 25.1 Å². The first-order valence-electron chi connectivity index (χ1n) is 8.32. The average Bonchev–Trinajstić information content (AvgIpc) is 2.62. The molecule has 0 aliphatic heterocycles. The summed E-state index contributed by atoms with van der Waals surface area (Å²) in [5.74, 6) is -1.70. The second-order valence-electron chi connectivity index (χ2n) is 6.17. The van der Waals surface area contributed by atoms with E-state index in [1.165, 1.54) is 16.7 Å². The van der Waals surface area contributed by atoms with E-state index in [2.05, 4.69) is 10.3 Å². The molecule has 140 valence electrons. The second-order valence-corrected chi connectivity index (χ2v) is 6.17. The van der Waals surface area contributed by atoms with Gasteiger partial charge < -0.3 is 11.1 Å². The number of primary amides is 1. The third-order valence-electron chi connectivity index (χ3n) is 4.25. The number of hydrogen-bond acceptors (Lipinski definition) is 4. The minimum atomic E-state index is -0.673. The van der Waals surface area contributed by atoms with Crippen molar-refractivity contribution in [3.8, 4) is 0 Å². The van der Waals surface area contributed by atoms with E-state index in [1.807, 2.05) is 0 Å². The van der Waals surface area contributed by atoms with E-state index in [4.69, 9.17) is 5.73 Å². The maximum absolute atomic E-state index is 13.9. The molecule has 2 aromatic carbocycles. The first kappa shape index (κ1) is 18.7. The number of carbonyl (C=O) groups is 1. The second kappa shape index (κ2) is 7.63. The molecule has 1 heterocycles. The number of para-hydroxylation sites is 1. The zero-order chi connectivity index (χ0) is 19.6. The SMILES string of the molecule is C[C@@H](NCc1nc2ccccc2c(=O)n1CC(N)=O)c1ccc(F)cc1F. The first-order valence-corrected chi connectivity index (χ1v) is 8.32. The molecular weight excluding hydrogens is 354 g/mol. The van der Waals surface area contributed by atoms with Crippen molar-refractivity contribution in [2.24, 2.45) is 5.73 Å². The van der Waals surface area contributed by atoms with Crippen LogP contribution in [0.3, 0.4) is 0 Å². The Labute approximate surface area is 153 Å². The highest BCUT2D eigenvalue weighted by atomic mass is 19.1. The maximum Gasteiger partial charge on any atom is 0.261 e. The number of carbonyl (C=O) groups excluding carboxylic acids is 1. The Balaban J connectivity index is 1.93. The van der Waals surface area contributed by atoms with Gasteiger partial charge in [0.1, 0.15) is 24.0 Å². The summed E-state index contributed by atoms with van der Waals surface area (Å²) in [7, 11) is 0. The largest absolute Gasteiger partial charge is 0.368 e. The maximum atomic E-state index is 13.9. The van der Waals surface area contributed by atoms with Crippen molar-refractivity contribution in [1.29, 1.82) is 0 Å². The number of nitrogens with one attached hydrogen (secondary N) is 1. The first-order chi connectivity index (χ1) is 12.9. The molecule has 1 amide bonds. The summed E-state index contributed by atoms with van der Waals surface area (Å²) >= 11 is 0. The Bertz CT molecular complexity index is 1070. The van der Waals surface area contributed by atoms with Gasteiger partial charge in [-0.25, -0.2) is 13.8 Å². The molecular formula is C19H18F2N4O2. The number of hydrogen-bond donors (Lipinski definition) is 2. The van der Waals surface area contributed by atoms with Gasteiger partial charge in [-0.1, -0.05) is 18.2 Å². The highest BCUT2D eigenvalue weighted by molar-refractivity contribution is 5.78. The van der Waals surface area contributed by atoms with E-state index in [-0.39, 0.29) is 24.2 Å². The van der Waals surface area contributed by atoms with Crippen LogP contribution in [-0.2, 0) is 17.9 Å². The van der Waals surface area contributed by atoms with Crippen LogP contribution in [0.5, 0.6) is 0 Å². The number of nitrogens with zero attached hydrogens (tertiary/aromatic N) is 2. The molecule has 0 unspecified atom stereocenters. The summed E-state index contributed by atoms with van der Waals surface area (Å²) in [6, 6.07) is 9.63. The van der Waals surface area contributed by atoms with E-state index in [0.29, 0.717) is 16.7 Å². The van der Waals surface area contributed by atoms with Gasteiger partial charge in [-0.15, -0.1) is 0 Å². The van der Waals surface area contributed by atoms with E-state index < -0.39 is 23.6 Å². The van der Waals surface area contributed by atoms with Gasteiger partial charge >= 0.3 is 0 Å².